The van der Waals surface area contributed by atoms with Gasteiger partial charge < -0.3 is 15.3 Å². The van der Waals surface area contributed by atoms with Crippen molar-refractivity contribution >= 4 is 17.7 Å². The highest BCUT2D eigenvalue weighted by Gasteiger charge is 2.31. The van der Waals surface area contributed by atoms with Crippen LogP contribution in [0.3, 0.4) is 0 Å². The van der Waals surface area contributed by atoms with Crippen LogP contribution in [0.5, 0.6) is 11.8 Å². The average Bonchev–Trinajstić information content (AvgIpc) is 2.88. The van der Waals surface area contributed by atoms with Crippen LogP contribution in [-0.4, -0.2) is 25.9 Å². The highest BCUT2D eigenvalue weighted by atomic mass is 32.2. The summed E-state index contributed by atoms with van der Waals surface area (Å²) in [4.78, 5) is 11.6. The predicted molar refractivity (Wildman–Crippen MR) is 91.6 cm³/mol. The molecule has 0 radical (unpaired) electrons. The molecule has 3 N–H and O–H groups in total. The van der Waals surface area contributed by atoms with E-state index in [1.165, 1.54) is 42.5 Å². The Kier molecular flexibility index (Phi) is 4.79. The predicted octanol–water partition coefficient (Wildman–Crippen LogP) is 4.76. The van der Waals surface area contributed by atoms with Crippen molar-refractivity contribution in [3.63, 3.8) is 0 Å². The number of hydrogen-bond acceptors (Lipinski definition) is 4. The minimum Gasteiger partial charge on any atom is -0.494 e. The molecule has 3 aromatic rings. The molecule has 5 nitrogen and oxygen atoms in total. The number of aromatic hydroxyl groups is 2. The number of halogens is 3. The van der Waals surface area contributed by atoms with Gasteiger partial charge in [0.05, 0.1) is 21.7 Å². The molecule has 0 saturated carbocycles. The lowest BCUT2D eigenvalue weighted by atomic mass is 10.2. The van der Waals surface area contributed by atoms with E-state index in [0.717, 1.165) is 28.5 Å². The normalized spacial score (nSPS) is 11.5. The fourth-order valence-corrected chi connectivity index (χ4v) is 3.28. The van der Waals surface area contributed by atoms with Gasteiger partial charge in [0.15, 0.2) is 5.88 Å². The summed E-state index contributed by atoms with van der Waals surface area (Å²) in [5.74, 6) is -1.95. The molecule has 0 aliphatic heterocycles. The molecule has 0 fully saturated rings. The van der Waals surface area contributed by atoms with E-state index in [1.54, 1.807) is 0 Å². The first-order valence-electron chi connectivity index (χ1n) is 7.49. The van der Waals surface area contributed by atoms with Gasteiger partial charge in [-0.25, -0.2) is 4.79 Å². The van der Waals surface area contributed by atoms with Crippen LogP contribution in [0, 0.1) is 0 Å². The fraction of sp³-hybridized carbons (Fsp3) is 0.0556. The second-order valence-corrected chi connectivity index (χ2v) is 6.62. The topological polar surface area (TPSA) is 82.7 Å². The van der Waals surface area contributed by atoms with Crippen LogP contribution >= 0.6 is 11.8 Å². The van der Waals surface area contributed by atoms with Crippen LogP contribution in [0.15, 0.2) is 64.4 Å². The van der Waals surface area contributed by atoms with Crippen molar-refractivity contribution in [2.75, 3.05) is 0 Å². The summed E-state index contributed by atoms with van der Waals surface area (Å²) in [6.07, 6.45) is -4.56. The minimum atomic E-state index is -4.56. The lowest BCUT2D eigenvalue weighted by molar-refractivity contribution is -0.137. The molecule has 9 heteroatoms. The smallest absolute Gasteiger partial charge is 0.416 e. The van der Waals surface area contributed by atoms with Gasteiger partial charge in [0.25, 0.3) is 0 Å². The molecule has 0 unspecified atom stereocenters. The second-order valence-electron chi connectivity index (χ2n) is 5.51. The molecule has 27 heavy (non-hydrogen) atoms. The first kappa shape index (κ1) is 18.7. The lowest BCUT2D eigenvalue weighted by Crippen LogP contribution is -2.05. The summed E-state index contributed by atoms with van der Waals surface area (Å²) >= 11 is 1.03. The number of alkyl halides is 3. The third kappa shape index (κ3) is 3.87. The zero-order valence-corrected chi connectivity index (χ0v) is 14.3. The van der Waals surface area contributed by atoms with Crippen molar-refractivity contribution < 1.29 is 33.3 Å². The van der Waals surface area contributed by atoms with Crippen molar-refractivity contribution in [3.8, 4) is 17.4 Å². The van der Waals surface area contributed by atoms with Gasteiger partial charge >= 0.3 is 12.1 Å². The van der Waals surface area contributed by atoms with Gasteiger partial charge in [-0.05, 0) is 42.5 Å². The molecule has 0 spiro atoms. The maximum absolute atomic E-state index is 12.9. The number of hydrogen-bond donors (Lipinski definition) is 3. The summed E-state index contributed by atoms with van der Waals surface area (Å²) in [5.41, 5.74) is -0.869. The van der Waals surface area contributed by atoms with Crippen LogP contribution in [0.2, 0.25) is 0 Å². The Balaban J connectivity index is 1.94. The first-order valence-corrected chi connectivity index (χ1v) is 8.31. The molecule has 1 aromatic heterocycles. The molecule has 0 amide bonds. The SMILES string of the molecule is O=C(O)c1ccc(Sc2cc(O)n(-c3cccc(C(F)(F)F)c3)c2O)cc1. The molecule has 3 rings (SSSR count). The van der Waals surface area contributed by atoms with E-state index < -0.39 is 29.5 Å². The zero-order valence-electron chi connectivity index (χ0n) is 13.4. The molecular formula is C18H12F3NO4S. The van der Waals surface area contributed by atoms with Crippen molar-refractivity contribution in [1.29, 1.82) is 0 Å². The van der Waals surface area contributed by atoms with Crippen molar-refractivity contribution in [3.05, 3.63) is 65.7 Å². The number of aromatic carboxylic acids is 1. The summed E-state index contributed by atoms with van der Waals surface area (Å²) in [7, 11) is 0. The fourth-order valence-electron chi connectivity index (χ4n) is 2.41. The number of carbonyl (C=O) groups is 1. The summed E-state index contributed by atoms with van der Waals surface area (Å²) in [5, 5.41) is 29.3. The van der Waals surface area contributed by atoms with Gasteiger partial charge in [0, 0.05) is 11.0 Å². The van der Waals surface area contributed by atoms with E-state index in [1.807, 2.05) is 0 Å². The average molecular weight is 395 g/mol. The Hall–Kier alpha value is -3.07. The number of nitrogens with zero attached hydrogens (tertiary/aromatic N) is 1. The van der Waals surface area contributed by atoms with Gasteiger partial charge in [-0.1, -0.05) is 17.8 Å². The monoisotopic (exact) mass is 395 g/mol. The van der Waals surface area contributed by atoms with Crippen LogP contribution in [-0.2, 0) is 6.18 Å². The highest BCUT2D eigenvalue weighted by molar-refractivity contribution is 7.99. The van der Waals surface area contributed by atoms with Gasteiger partial charge in [-0.3, -0.25) is 4.57 Å². The largest absolute Gasteiger partial charge is 0.494 e. The Labute approximate surface area is 155 Å². The van der Waals surface area contributed by atoms with E-state index in [-0.39, 0.29) is 16.1 Å². The quantitative estimate of drug-likeness (QED) is 0.594. The Morgan fingerprint density at radius 1 is 1.00 bits per heavy atom. The number of carboxylic acid groups (broad SMARTS) is 1. The van der Waals surface area contributed by atoms with Gasteiger partial charge in [0.2, 0.25) is 5.88 Å². The number of rotatable bonds is 4. The Morgan fingerprint density at radius 3 is 2.26 bits per heavy atom. The van der Waals surface area contributed by atoms with Gasteiger partial charge in [-0.15, -0.1) is 0 Å². The lowest BCUT2D eigenvalue weighted by Gasteiger charge is -2.11. The van der Waals surface area contributed by atoms with Crippen LogP contribution in [0.4, 0.5) is 13.2 Å². The number of carboxylic acids is 1. The number of benzene rings is 2. The molecule has 2 aromatic carbocycles. The van der Waals surface area contributed by atoms with Crippen LogP contribution < -0.4 is 0 Å². The second kappa shape index (κ2) is 6.92. The molecule has 0 aliphatic rings. The zero-order chi connectivity index (χ0) is 19.8. The van der Waals surface area contributed by atoms with E-state index in [9.17, 15) is 28.2 Å². The Morgan fingerprint density at radius 2 is 1.67 bits per heavy atom. The maximum atomic E-state index is 12.9. The van der Waals surface area contributed by atoms with E-state index in [4.69, 9.17) is 5.11 Å². The molecular weight excluding hydrogens is 383 g/mol. The summed E-state index contributed by atoms with van der Waals surface area (Å²) < 4.78 is 39.6. The van der Waals surface area contributed by atoms with Crippen molar-refractivity contribution in [2.45, 2.75) is 16.0 Å². The molecule has 0 saturated heterocycles. The highest BCUT2D eigenvalue weighted by Crippen LogP contribution is 2.41. The first-order chi connectivity index (χ1) is 12.7. The van der Waals surface area contributed by atoms with E-state index >= 15 is 0 Å². The van der Waals surface area contributed by atoms with Crippen LogP contribution in [0.25, 0.3) is 5.69 Å². The third-order valence-electron chi connectivity index (χ3n) is 3.68. The van der Waals surface area contributed by atoms with Crippen LogP contribution in [0.1, 0.15) is 15.9 Å². The molecule has 140 valence electrons. The standard InChI is InChI=1S/C18H12F3NO4S/c19-18(20,21)11-2-1-3-12(8-11)22-15(23)9-14(16(22)24)27-13-6-4-10(5-7-13)17(25)26/h1-9,23-24H,(H,25,26). The maximum Gasteiger partial charge on any atom is 0.416 e. The molecule has 0 bridgehead atoms. The summed E-state index contributed by atoms with van der Waals surface area (Å²) in [6, 6.07) is 11.2. The molecule has 1 heterocycles. The van der Waals surface area contributed by atoms with Crippen molar-refractivity contribution in [2.24, 2.45) is 0 Å². The molecule has 0 aliphatic carbocycles. The van der Waals surface area contributed by atoms with Crippen molar-refractivity contribution in [1.82, 2.24) is 4.57 Å². The Bertz CT molecular complexity index is 997. The van der Waals surface area contributed by atoms with E-state index in [2.05, 4.69) is 0 Å². The van der Waals surface area contributed by atoms with Gasteiger partial charge in [-0.2, -0.15) is 13.2 Å². The minimum absolute atomic E-state index is 0.0482. The van der Waals surface area contributed by atoms with E-state index in [0.29, 0.717) is 4.90 Å². The van der Waals surface area contributed by atoms with Gasteiger partial charge in [0.1, 0.15) is 0 Å². The third-order valence-corrected chi connectivity index (χ3v) is 4.71. The summed E-state index contributed by atoms with van der Waals surface area (Å²) in [6.45, 7) is 0. The number of aromatic nitrogens is 1. The molecule has 0 atom stereocenters.